The molecule has 0 aliphatic rings. The fourth-order valence-electron chi connectivity index (χ4n) is 2.03. The fourth-order valence-corrected chi connectivity index (χ4v) is 2.74. The van der Waals surface area contributed by atoms with Gasteiger partial charge in [0.15, 0.2) is 5.13 Å². The predicted octanol–water partition coefficient (Wildman–Crippen LogP) is 2.85. The van der Waals surface area contributed by atoms with Crippen molar-refractivity contribution in [3.05, 3.63) is 71.1 Å². The van der Waals surface area contributed by atoms with Gasteiger partial charge in [-0.3, -0.25) is 14.9 Å². The van der Waals surface area contributed by atoms with E-state index in [-0.39, 0.29) is 18.2 Å². The van der Waals surface area contributed by atoms with Gasteiger partial charge in [0.05, 0.1) is 24.9 Å². The average molecular weight is 341 g/mol. The van der Waals surface area contributed by atoms with Gasteiger partial charge >= 0.3 is 0 Å². The zero-order valence-corrected chi connectivity index (χ0v) is 13.5. The Labute approximate surface area is 142 Å². The zero-order valence-electron chi connectivity index (χ0n) is 12.7. The minimum absolute atomic E-state index is 0.151. The van der Waals surface area contributed by atoms with Gasteiger partial charge in [0.1, 0.15) is 5.76 Å². The summed E-state index contributed by atoms with van der Waals surface area (Å²) in [6.07, 6.45) is 1.71. The third-order valence-electron chi connectivity index (χ3n) is 3.19. The highest BCUT2D eigenvalue weighted by Gasteiger charge is 2.11. The van der Waals surface area contributed by atoms with Crippen LogP contribution in [-0.4, -0.2) is 16.8 Å². The van der Waals surface area contributed by atoms with Crippen molar-refractivity contribution in [3.8, 4) is 0 Å². The Hall–Kier alpha value is -2.93. The molecule has 0 spiro atoms. The lowest BCUT2D eigenvalue weighted by Gasteiger charge is -2.02. The van der Waals surface area contributed by atoms with E-state index in [0.29, 0.717) is 28.7 Å². The number of anilines is 1. The number of aromatic nitrogens is 1. The Morgan fingerprint density at radius 3 is 2.71 bits per heavy atom. The summed E-state index contributed by atoms with van der Waals surface area (Å²) in [5, 5.41) is 7.71. The molecule has 2 N–H and O–H groups in total. The SMILES string of the molecule is O=C(Cc1csc(NC(=O)c2ccccc2)n1)NCc1ccco1. The molecule has 0 radical (unpaired) electrons. The summed E-state index contributed by atoms with van der Waals surface area (Å²) < 4.78 is 5.15. The molecule has 0 fully saturated rings. The molecule has 2 amide bonds. The second-order valence-electron chi connectivity index (χ2n) is 5.00. The van der Waals surface area contributed by atoms with Crippen LogP contribution in [0.5, 0.6) is 0 Å². The quantitative estimate of drug-likeness (QED) is 0.722. The third-order valence-corrected chi connectivity index (χ3v) is 4.00. The highest BCUT2D eigenvalue weighted by molar-refractivity contribution is 7.14. The van der Waals surface area contributed by atoms with Crippen LogP contribution in [0.15, 0.2) is 58.5 Å². The molecule has 122 valence electrons. The van der Waals surface area contributed by atoms with Crippen molar-refractivity contribution in [2.24, 2.45) is 0 Å². The van der Waals surface area contributed by atoms with Gasteiger partial charge in [0.25, 0.3) is 5.91 Å². The normalized spacial score (nSPS) is 10.3. The number of carbonyl (C=O) groups excluding carboxylic acids is 2. The molecule has 2 heterocycles. The number of amides is 2. The highest BCUT2D eigenvalue weighted by atomic mass is 32.1. The van der Waals surface area contributed by atoms with Crippen LogP contribution in [0.25, 0.3) is 0 Å². The number of nitrogens with one attached hydrogen (secondary N) is 2. The number of benzene rings is 1. The summed E-state index contributed by atoms with van der Waals surface area (Å²) in [4.78, 5) is 28.2. The van der Waals surface area contributed by atoms with Gasteiger partial charge in [0.2, 0.25) is 5.91 Å². The molecular formula is C17H15N3O3S. The van der Waals surface area contributed by atoms with E-state index in [9.17, 15) is 9.59 Å². The predicted molar refractivity (Wildman–Crippen MR) is 90.8 cm³/mol. The average Bonchev–Trinajstić information content (AvgIpc) is 3.26. The molecule has 24 heavy (non-hydrogen) atoms. The molecule has 0 unspecified atom stereocenters. The van der Waals surface area contributed by atoms with Crippen molar-refractivity contribution in [3.63, 3.8) is 0 Å². The van der Waals surface area contributed by atoms with Crippen LogP contribution in [0, 0.1) is 0 Å². The van der Waals surface area contributed by atoms with Crippen molar-refractivity contribution in [1.82, 2.24) is 10.3 Å². The van der Waals surface area contributed by atoms with E-state index in [1.54, 1.807) is 48.0 Å². The van der Waals surface area contributed by atoms with E-state index in [1.165, 1.54) is 11.3 Å². The van der Waals surface area contributed by atoms with Crippen molar-refractivity contribution >= 4 is 28.3 Å². The van der Waals surface area contributed by atoms with Crippen LogP contribution in [0.4, 0.5) is 5.13 Å². The maximum absolute atomic E-state index is 12.0. The molecule has 0 saturated carbocycles. The van der Waals surface area contributed by atoms with Gasteiger partial charge in [-0.05, 0) is 24.3 Å². The van der Waals surface area contributed by atoms with Crippen LogP contribution >= 0.6 is 11.3 Å². The largest absolute Gasteiger partial charge is 0.467 e. The molecule has 0 aliphatic heterocycles. The molecule has 2 aromatic heterocycles. The summed E-state index contributed by atoms with van der Waals surface area (Å²) in [5.41, 5.74) is 1.17. The van der Waals surface area contributed by atoms with Crippen LogP contribution in [-0.2, 0) is 17.8 Å². The Kier molecular flexibility index (Phi) is 5.02. The minimum atomic E-state index is -0.223. The zero-order chi connectivity index (χ0) is 16.8. The van der Waals surface area contributed by atoms with Crippen LogP contribution < -0.4 is 10.6 Å². The number of hydrogen-bond donors (Lipinski definition) is 2. The maximum Gasteiger partial charge on any atom is 0.257 e. The van der Waals surface area contributed by atoms with Crippen molar-refractivity contribution in [1.29, 1.82) is 0 Å². The Bertz CT molecular complexity index is 813. The Balaban J connectivity index is 1.51. The van der Waals surface area contributed by atoms with E-state index < -0.39 is 0 Å². The van der Waals surface area contributed by atoms with Crippen molar-refractivity contribution < 1.29 is 14.0 Å². The van der Waals surface area contributed by atoms with E-state index in [0.717, 1.165) is 0 Å². The first kappa shape index (κ1) is 15.9. The van der Waals surface area contributed by atoms with E-state index >= 15 is 0 Å². The fraction of sp³-hybridized carbons (Fsp3) is 0.118. The second kappa shape index (κ2) is 7.56. The lowest BCUT2D eigenvalue weighted by Crippen LogP contribution is -2.24. The van der Waals surface area contributed by atoms with Crippen molar-refractivity contribution in [2.75, 3.05) is 5.32 Å². The first-order valence-electron chi connectivity index (χ1n) is 7.30. The number of nitrogens with zero attached hydrogens (tertiary/aromatic N) is 1. The van der Waals surface area contributed by atoms with Gasteiger partial charge < -0.3 is 9.73 Å². The molecule has 3 rings (SSSR count). The smallest absolute Gasteiger partial charge is 0.257 e. The monoisotopic (exact) mass is 341 g/mol. The maximum atomic E-state index is 12.0. The van der Waals surface area contributed by atoms with Crippen LogP contribution in [0.1, 0.15) is 21.8 Å². The van der Waals surface area contributed by atoms with Gasteiger partial charge in [-0.15, -0.1) is 11.3 Å². The molecular weight excluding hydrogens is 326 g/mol. The molecule has 7 heteroatoms. The number of rotatable bonds is 6. The summed E-state index contributed by atoms with van der Waals surface area (Å²) in [5.74, 6) is 0.314. The highest BCUT2D eigenvalue weighted by Crippen LogP contribution is 2.17. The summed E-state index contributed by atoms with van der Waals surface area (Å²) in [6.45, 7) is 0.341. The van der Waals surface area contributed by atoms with Gasteiger partial charge in [-0.2, -0.15) is 0 Å². The molecule has 1 aromatic carbocycles. The second-order valence-corrected chi connectivity index (χ2v) is 5.86. The molecule has 3 aromatic rings. The summed E-state index contributed by atoms with van der Waals surface area (Å²) in [7, 11) is 0. The minimum Gasteiger partial charge on any atom is -0.467 e. The number of hydrogen-bond acceptors (Lipinski definition) is 5. The first-order valence-corrected chi connectivity index (χ1v) is 8.18. The molecule has 0 saturated heterocycles. The Morgan fingerprint density at radius 1 is 1.12 bits per heavy atom. The van der Waals surface area contributed by atoms with Gasteiger partial charge in [-0.25, -0.2) is 4.98 Å². The lowest BCUT2D eigenvalue weighted by atomic mass is 10.2. The van der Waals surface area contributed by atoms with E-state index in [4.69, 9.17) is 4.42 Å². The standard InChI is InChI=1S/C17H15N3O3S/c21-15(18-10-14-7-4-8-23-14)9-13-11-24-17(19-13)20-16(22)12-5-2-1-3-6-12/h1-8,11H,9-10H2,(H,18,21)(H,19,20,22). The van der Waals surface area contributed by atoms with Crippen molar-refractivity contribution in [2.45, 2.75) is 13.0 Å². The molecule has 6 nitrogen and oxygen atoms in total. The molecule has 0 aliphatic carbocycles. The molecule has 0 bridgehead atoms. The topological polar surface area (TPSA) is 84.2 Å². The third kappa shape index (κ3) is 4.30. The first-order chi connectivity index (χ1) is 11.7. The number of carbonyl (C=O) groups is 2. The van der Waals surface area contributed by atoms with Crippen LogP contribution in [0.2, 0.25) is 0 Å². The van der Waals surface area contributed by atoms with Crippen LogP contribution in [0.3, 0.4) is 0 Å². The summed E-state index contributed by atoms with van der Waals surface area (Å²) >= 11 is 1.29. The summed E-state index contributed by atoms with van der Waals surface area (Å²) in [6, 6.07) is 12.5. The molecule has 0 atom stereocenters. The van der Waals surface area contributed by atoms with Gasteiger partial charge in [-0.1, -0.05) is 18.2 Å². The number of thiazole rings is 1. The lowest BCUT2D eigenvalue weighted by molar-refractivity contribution is -0.120. The Morgan fingerprint density at radius 2 is 1.96 bits per heavy atom. The van der Waals surface area contributed by atoms with Gasteiger partial charge in [0, 0.05) is 10.9 Å². The number of furan rings is 1. The van der Waals surface area contributed by atoms with E-state index in [1.807, 2.05) is 6.07 Å². The van der Waals surface area contributed by atoms with E-state index in [2.05, 4.69) is 15.6 Å².